The highest BCUT2D eigenvalue weighted by Gasteiger charge is 2.35. The van der Waals surface area contributed by atoms with Gasteiger partial charge in [-0.3, -0.25) is 0 Å². The molecule has 2 atom stereocenters. The van der Waals surface area contributed by atoms with E-state index in [0.29, 0.717) is 5.25 Å². The Bertz CT molecular complexity index is 436. The van der Waals surface area contributed by atoms with Gasteiger partial charge in [-0.2, -0.15) is 24.9 Å². The van der Waals surface area contributed by atoms with Crippen LogP contribution in [0, 0.1) is 0 Å². The molecule has 2 rings (SSSR count). The highest BCUT2D eigenvalue weighted by molar-refractivity contribution is 8.00. The Hall–Kier alpha value is -0.550. The van der Waals surface area contributed by atoms with E-state index in [9.17, 15) is 13.2 Å². The zero-order valence-corrected chi connectivity index (χ0v) is 11.3. The van der Waals surface area contributed by atoms with Gasteiger partial charge in [0.2, 0.25) is 0 Å². The van der Waals surface area contributed by atoms with Gasteiger partial charge in [-0.1, -0.05) is 24.6 Å². The van der Waals surface area contributed by atoms with Crippen LogP contribution in [0.15, 0.2) is 18.2 Å². The molecule has 1 aliphatic rings. The van der Waals surface area contributed by atoms with Crippen molar-refractivity contribution >= 4 is 29.1 Å². The predicted molar refractivity (Wildman–Crippen MR) is 70.4 cm³/mol. The Morgan fingerprint density at radius 1 is 1.39 bits per heavy atom. The van der Waals surface area contributed by atoms with E-state index < -0.39 is 11.7 Å². The first kappa shape index (κ1) is 13.9. The summed E-state index contributed by atoms with van der Waals surface area (Å²) in [5.74, 6) is 0.963. The summed E-state index contributed by atoms with van der Waals surface area (Å²) in [5, 5.41) is 3.37. The first-order valence-electron chi connectivity index (χ1n) is 5.63. The molecule has 1 aromatic carbocycles. The number of rotatable bonds is 2. The van der Waals surface area contributed by atoms with Crippen LogP contribution in [0.1, 0.15) is 18.9 Å². The van der Waals surface area contributed by atoms with Gasteiger partial charge in [0.05, 0.1) is 16.3 Å². The van der Waals surface area contributed by atoms with Gasteiger partial charge < -0.3 is 5.32 Å². The summed E-state index contributed by atoms with van der Waals surface area (Å²) in [6, 6.07) is 3.90. The molecule has 18 heavy (non-hydrogen) atoms. The number of hydrogen-bond acceptors (Lipinski definition) is 2. The van der Waals surface area contributed by atoms with Crippen LogP contribution < -0.4 is 5.32 Å². The lowest BCUT2D eigenvalue weighted by Crippen LogP contribution is -2.26. The fourth-order valence-corrected chi connectivity index (χ4v) is 3.44. The molecule has 1 saturated heterocycles. The number of para-hydroxylation sites is 1. The summed E-state index contributed by atoms with van der Waals surface area (Å²) in [5.41, 5.74) is -0.690. The minimum atomic E-state index is -4.39. The van der Waals surface area contributed by atoms with Gasteiger partial charge in [-0.25, -0.2) is 0 Å². The standard InChI is InChI=1S/C12H13ClF3NS/c1-7-10(5-6-18-7)17-11-8(12(14,15)16)3-2-4-9(11)13/h2-4,7,10,17H,5-6H2,1H3. The molecule has 1 fully saturated rings. The summed E-state index contributed by atoms with van der Waals surface area (Å²) < 4.78 is 38.7. The van der Waals surface area contributed by atoms with Crippen LogP contribution in [0.5, 0.6) is 0 Å². The molecular weight excluding hydrogens is 283 g/mol. The number of halogens is 4. The summed E-state index contributed by atoms with van der Waals surface area (Å²) >= 11 is 7.65. The highest BCUT2D eigenvalue weighted by Crippen LogP contribution is 2.40. The molecule has 0 spiro atoms. The van der Waals surface area contributed by atoms with Crippen LogP contribution in [-0.4, -0.2) is 17.0 Å². The van der Waals surface area contributed by atoms with E-state index in [1.807, 2.05) is 6.92 Å². The van der Waals surface area contributed by atoms with Crippen LogP contribution in [0.3, 0.4) is 0 Å². The van der Waals surface area contributed by atoms with Crippen molar-refractivity contribution in [1.82, 2.24) is 0 Å². The molecule has 1 nitrogen and oxygen atoms in total. The number of benzene rings is 1. The predicted octanol–water partition coefficient (Wildman–Crippen LogP) is 4.66. The molecule has 1 aromatic rings. The second kappa shape index (κ2) is 5.21. The normalized spacial score (nSPS) is 24.3. The summed E-state index contributed by atoms with van der Waals surface area (Å²) in [6.45, 7) is 2.01. The molecule has 0 aromatic heterocycles. The van der Waals surface area contributed by atoms with Crippen molar-refractivity contribution in [1.29, 1.82) is 0 Å². The third kappa shape index (κ3) is 2.88. The van der Waals surface area contributed by atoms with Gasteiger partial charge in [0.15, 0.2) is 0 Å². The molecule has 0 radical (unpaired) electrons. The highest BCUT2D eigenvalue weighted by atomic mass is 35.5. The maximum Gasteiger partial charge on any atom is 0.418 e. The molecule has 6 heteroatoms. The van der Waals surface area contributed by atoms with Crippen molar-refractivity contribution in [2.45, 2.75) is 30.8 Å². The maximum atomic E-state index is 12.9. The van der Waals surface area contributed by atoms with E-state index in [1.165, 1.54) is 12.1 Å². The lowest BCUT2D eigenvalue weighted by molar-refractivity contribution is -0.137. The summed E-state index contributed by atoms with van der Waals surface area (Å²) in [4.78, 5) is 0. The van der Waals surface area contributed by atoms with E-state index in [0.717, 1.165) is 18.2 Å². The Balaban J connectivity index is 2.31. The van der Waals surface area contributed by atoms with E-state index in [1.54, 1.807) is 11.8 Å². The third-order valence-electron chi connectivity index (χ3n) is 3.02. The summed E-state index contributed by atoms with van der Waals surface area (Å²) in [7, 11) is 0. The molecule has 1 heterocycles. The van der Waals surface area contributed by atoms with Gasteiger partial charge >= 0.3 is 6.18 Å². The minimum Gasteiger partial charge on any atom is -0.379 e. The van der Waals surface area contributed by atoms with Crippen molar-refractivity contribution in [3.05, 3.63) is 28.8 Å². The molecule has 0 amide bonds. The van der Waals surface area contributed by atoms with Gasteiger partial charge in [-0.05, 0) is 24.3 Å². The second-order valence-electron chi connectivity index (χ2n) is 4.28. The fourth-order valence-electron chi connectivity index (χ4n) is 2.01. The number of nitrogens with one attached hydrogen (secondary N) is 1. The molecule has 0 saturated carbocycles. The maximum absolute atomic E-state index is 12.9. The quantitative estimate of drug-likeness (QED) is 0.851. The van der Waals surface area contributed by atoms with Crippen molar-refractivity contribution in [2.24, 2.45) is 0 Å². The smallest absolute Gasteiger partial charge is 0.379 e. The molecule has 1 aliphatic heterocycles. The van der Waals surface area contributed by atoms with E-state index in [-0.39, 0.29) is 16.8 Å². The Kier molecular flexibility index (Phi) is 4.02. The monoisotopic (exact) mass is 295 g/mol. The molecule has 2 unspecified atom stereocenters. The largest absolute Gasteiger partial charge is 0.418 e. The number of thioether (sulfide) groups is 1. The first-order chi connectivity index (χ1) is 8.39. The van der Waals surface area contributed by atoms with Gasteiger partial charge in [0.1, 0.15) is 0 Å². The molecule has 0 aliphatic carbocycles. The van der Waals surface area contributed by atoms with Crippen LogP contribution in [0.4, 0.5) is 18.9 Å². The molecular formula is C12H13ClF3NS. The van der Waals surface area contributed by atoms with Gasteiger partial charge in [-0.15, -0.1) is 0 Å². The van der Waals surface area contributed by atoms with Crippen LogP contribution in [-0.2, 0) is 6.18 Å². The molecule has 0 bridgehead atoms. The van der Waals surface area contributed by atoms with Crippen molar-refractivity contribution in [3.63, 3.8) is 0 Å². The SMILES string of the molecule is CC1SCCC1Nc1c(Cl)cccc1C(F)(F)F. The van der Waals surface area contributed by atoms with Crippen molar-refractivity contribution in [2.75, 3.05) is 11.1 Å². The van der Waals surface area contributed by atoms with Crippen molar-refractivity contribution < 1.29 is 13.2 Å². The van der Waals surface area contributed by atoms with E-state index >= 15 is 0 Å². The summed E-state index contributed by atoms with van der Waals surface area (Å²) in [6.07, 6.45) is -3.53. The Morgan fingerprint density at radius 3 is 2.67 bits per heavy atom. The topological polar surface area (TPSA) is 12.0 Å². The lowest BCUT2D eigenvalue weighted by atomic mass is 10.1. The van der Waals surface area contributed by atoms with Gasteiger partial charge in [0, 0.05) is 11.3 Å². The average molecular weight is 296 g/mol. The fraction of sp³-hybridized carbons (Fsp3) is 0.500. The van der Waals surface area contributed by atoms with Crippen LogP contribution in [0.25, 0.3) is 0 Å². The molecule has 1 N–H and O–H groups in total. The van der Waals surface area contributed by atoms with Gasteiger partial charge in [0.25, 0.3) is 0 Å². The van der Waals surface area contributed by atoms with E-state index in [4.69, 9.17) is 11.6 Å². The number of anilines is 1. The zero-order valence-electron chi connectivity index (χ0n) is 9.72. The number of hydrogen-bond donors (Lipinski definition) is 1. The Labute approximate surface area is 113 Å². The van der Waals surface area contributed by atoms with Crippen LogP contribution >= 0.6 is 23.4 Å². The molecule has 100 valence electrons. The van der Waals surface area contributed by atoms with Crippen molar-refractivity contribution in [3.8, 4) is 0 Å². The minimum absolute atomic E-state index is 0.00557. The second-order valence-corrected chi connectivity index (χ2v) is 6.17. The zero-order chi connectivity index (χ0) is 13.3. The Morgan fingerprint density at radius 2 is 2.11 bits per heavy atom. The van der Waals surface area contributed by atoms with Crippen LogP contribution in [0.2, 0.25) is 5.02 Å². The third-order valence-corrected chi connectivity index (χ3v) is 4.67. The number of alkyl halides is 3. The van der Waals surface area contributed by atoms with E-state index in [2.05, 4.69) is 5.32 Å². The first-order valence-corrected chi connectivity index (χ1v) is 7.06. The average Bonchev–Trinajstić information content (AvgIpc) is 2.66. The lowest BCUT2D eigenvalue weighted by Gasteiger charge is -2.22.